The SMILES string of the molecule is CCN[C@@H]1C[C@H]2C[C@@H]([C@@H]1C)C2(C)C. The smallest absolute Gasteiger partial charge is 0.00982 e. The van der Waals surface area contributed by atoms with E-state index in [1.807, 2.05) is 0 Å². The lowest BCUT2D eigenvalue weighted by molar-refractivity contribution is -0.114. The minimum atomic E-state index is 0.644. The van der Waals surface area contributed by atoms with E-state index >= 15 is 0 Å². The van der Waals surface area contributed by atoms with Crippen molar-refractivity contribution in [1.82, 2.24) is 5.32 Å². The van der Waals surface area contributed by atoms with E-state index in [0.717, 1.165) is 30.3 Å². The lowest BCUT2D eigenvalue weighted by Crippen LogP contribution is -2.59. The summed E-state index contributed by atoms with van der Waals surface area (Å²) in [5, 5.41) is 3.63. The van der Waals surface area contributed by atoms with E-state index in [1.54, 1.807) is 0 Å². The molecule has 0 spiro atoms. The Kier molecular flexibility index (Phi) is 2.18. The zero-order valence-electron chi connectivity index (χ0n) is 9.43. The zero-order chi connectivity index (χ0) is 9.64. The molecule has 4 atom stereocenters. The molecule has 0 aromatic carbocycles. The molecule has 1 heteroatoms. The summed E-state index contributed by atoms with van der Waals surface area (Å²) in [6.45, 7) is 10.7. The molecule has 2 bridgehead atoms. The molecule has 3 rings (SSSR count). The van der Waals surface area contributed by atoms with Gasteiger partial charge in [-0.25, -0.2) is 0 Å². The lowest BCUT2D eigenvalue weighted by Gasteiger charge is -2.62. The maximum Gasteiger partial charge on any atom is 0.00982 e. The van der Waals surface area contributed by atoms with Gasteiger partial charge in [-0.15, -0.1) is 0 Å². The summed E-state index contributed by atoms with van der Waals surface area (Å²) in [5.74, 6) is 2.87. The van der Waals surface area contributed by atoms with Crippen molar-refractivity contribution < 1.29 is 0 Å². The summed E-state index contributed by atoms with van der Waals surface area (Å²) in [6.07, 6.45) is 2.91. The first-order chi connectivity index (χ1) is 6.07. The highest BCUT2D eigenvalue weighted by atomic mass is 14.9. The van der Waals surface area contributed by atoms with Crippen molar-refractivity contribution in [3.63, 3.8) is 0 Å². The predicted molar refractivity (Wildman–Crippen MR) is 56.6 cm³/mol. The minimum absolute atomic E-state index is 0.644. The van der Waals surface area contributed by atoms with Gasteiger partial charge in [0.05, 0.1) is 0 Å². The van der Waals surface area contributed by atoms with E-state index in [4.69, 9.17) is 0 Å². The molecule has 1 N–H and O–H groups in total. The first kappa shape index (κ1) is 9.51. The van der Waals surface area contributed by atoms with Crippen molar-refractivity contribution in [3.8, 4) is 0 Å². The number of nitrogens with one attached hydrogen (secondary N) is 1. The van der Waals surface area contributed by atoms with Gasteiger partial charge in [0.25, 0.3) is 0 Å². The Morgan fingerprint density at radius 1 is 1.31 bits per heavy atom. The molecule has 0 heterocycles. The van der Waals surface area contributed by atoms with Gasteiger partial charge in [-0.1, -0.05) is 27.7 Å². The van der Waals surface area contributed by atoms with Crippen molar-refractivity contribution in [2.75, 3.05) is 6.54 Å². The highest BCUT2D eigenvalue weighted by molar-refractivity contribution is 5.06. The average molecular weight is 181 g/mol. The Morgan fingerprint density at radius 2 is 2.00 bits per heavy atom. The van der Waals surface area contributed by atoms with Crippen LogP contribution >= 0.6 is 0 Å². The van der Waals surface area contributed by atoms with Crippen molar-refractivity contribution in [3.05, 3.63) is 0 Å². The molecule has 0 amide bonds. The standard InChI is InChI=1S/C12H23N/c1-5-13-11-7-9-6-10(8(11)2)12(9,3)4/h8-11,13H,5-7H2,1-4H3/t8-,9+,10-,11+/m0/s1. The van der Waals surface area contributed by atoms with Gasteiger partial charge in [0.2, 0.25) is 0 Å². The molecular weight excluding hydrogens is 158 g/mol. The topological polar surface area (TPSA) is 12.0 Å². The van der Waals surface area contributed by atoms with Crippen LogP contribution in [-0.4, -0.2) is 12.6 Å². The van der Waals surface area contributed by atoms with Crippen molar-refractivity contribution in [1.29, 1.82) is 0 Å². The van der Waals surface area contributed by atoms with E-state index in [9.17, 15) is 0 Å². The lowest BCUT2D eigenvalue weighted by atomic mass is 9.45. The molecule has 1 nitrogen and oxygen atoms in total. The third kappa shape index (κ3) is 1.24. The average Bonchev–Trinajstić information content (AvgIpc) is 2.08. The molecule has 3 aliphatic rings. The number of hydrogen-bond donors (Lipinski definition) is 1. The Morgan fingerprint density at radius 3 is 2.46 bits per heavy atom. The summed E-state index contributed by atoms with van der Waals surface area (Å²) in [6, 6.07) is 0.807. The fourth-order valence-corrected chi connectivity index (χ4v) is 3.68. The molecule has 13 heavy (non-hydrogen) atoms. The van der Waals surface area contributed by atoms with E-state index in [0.29, 0.717) is 5.41 Å². The third-order valence-electron chi connectivity index (χ3n) is 4.82. The van der Waals surface area contributed by atoms with Crippen LogP contribution in [0.3, 0.4) is 0 Å². The summed E-state index contributed by atoms with van der Waals surface area (Å²) < 4.78 is 0. The van der Waals surface area contributed by atoms with Gasteiger partial charge in [-0.2, -0.15) is 0 Å². The third-order valence-corrected chi connectivity index (χ3v) is 4.82. The molecule has 0 saturated heterocycles. The minimum Gasteiger partial charge on any atom is -0.314 e. The normalized spacial score (nSPS) is 47.1. The summed E-state index contributed by atoms with van der Waals surface area (Å²) >= 11 is 0. The highest BCUT2D eigenvalue weighted by Crippen LogP contribution is 2.61. The quantitative estimate of drug-likeness (QED) is 0.690. The second-order valence-electron chi connectivity index (χ2n) is 5.62. The summed E-state index contributed by atoms with van der Waals surface area (Å²) in [4.78, 5) is 0. The fourth-order valence-electron chi connectivity index (χ4n) is 3.68. The van der Waals surface area contributed by atoms with Crippen LogP contribution in [0.25, 0.3) is 0 Å². The van der Waals surface area contributed by atoms with Crippen molar-refractivity contribution in [2.24, 2.45) is 23.2 Å². The maximum absolute atomic E-state index is 3.63. The monoisotopic (exact) mass is 181 g/mol. The molecule has 0 aromatic rings. The van der Waals surface area contributed by atoms with Gasteiger partial charge in [0.1, 0.15) is 0 Å². The van der Waals surface area contributed by atoms with Crippen LogP contribution in [0.4, 0.5) is 0 Å². The predicted octanol–water partition coefficient (Wildman–Crippen LogP) is 2.67. The molecule has 3 fully saturated rings. The molecule has 0 unspecified atom stereocenters. The number of fused-ring (bicyclic) bond motifs is 2. The van der Waals surface area contributed by atoms with E-state index in [2.05, 4.69) is 33.0 Å². The first-order valence-corrected chi connectivity index (χ1v) is 5.80. The summed E-state index contributed by atoms with van der Waals surface area (Å²) in [7, 11) is 0. The van der Waals surface area contributed by atoms with Crippen LogP contribution in [0, 0.1) is 23.2 Å². The van der Waals surface area contributed by atoms with Gasteiger partial charge >= 0.3 is 0 Å². The van der Waals surface area contributed by atoms with Crippen LogP contribution in [0.15, 0.2) is 0 Å². The molecule has 76 valence electrons. The van der Waals surface area contributed by atoms with Crippen LogP contribution < -0.4 is 5.32 Å². The molecule has 0 radical (unpaired) electrons. The Balaban J connectivity index is 2.03. The van der Waals surface area contributed by atoms with E-state index < -0.39 is 0 Å². The second-order valence-corrected chi connectivity index (χ2v) is 5.62. The molecule has 3 saturated carbocycles. The van der Waals surface area contributed by atoms with E-state index in [-0.39, 0.29) is 0 Å². The van der Waals surface area contributed by atoms with Crippen LogP contribution in [0.1, 0.15) is 40.5 Å². The summed E-state index contributed by atoms with van der Waals surface area (Å²) in [5.41, 5.74) is 0.644. The highest BCUT2D eigenvalue weighted by Gasteiger charge is 2.55. The number of hydrogen-bond acceptors (Lipinski definition) is 1. The van der Waals surface area contributed by atoms with Crippen LogP contribution in [0.2, 0.25) is 0 Å². The van der Waals surface area contributed by atoms with Gasteiger partial charge in [-0.3, -0.25) is 0 Å². The van der Waals surface area contributed by atoms with E-state index in [1.165, 1.54) is 12.8 Å². The van der Waals surface area contributed by atoms with Crippen LogP contribution in [-0.2, 0) is 0 Å². The number of rotatable bonds is 2. The molecule has 0 aliphatic heterocycles. The van der Waals surface area contributed by atoms with Crippen molar-refractivity contribution in [2.45, 2.75) is 46.6 Å². The van der Waals surface area contributed by atoms with Gasteiger partial charge in [0.15, 0.2) is 0 Å². The van der Waals surface area contributed by atoms with Gasteiger partial charge in [0, 0.05) is 6.04 Å². The second kappa shape index (κ2) is 2.98. The van der Waals surface area contributed by atoms with Crippen molar-refractivity contribution >= 4 is 0 Å². The Labute approximate surface area is 82.3 Å². The largest absolute Gasteiger partial charge is 0.314 e. The Bertz CT molecular complexity index is 197. The molecule has 3 aliphatic carbocycles. The van der Waals surface area contributed by atoms with Gasteiger partial charge < -0.3 is 5.32 Å². The molecule has 0 aromatic heterocycles. The van der Waals surface area contributed by atoms with Gasteiger partial charge in [-0.05, 0) is 42.6 Å². The first-order valence-electron chi connectivity index (χ1n) is 5.80. The fraction of sp³-hybridized carbons (Fsp3) is 1.00. The maximum atomic E-state index is 3.63. The molecular formula is C12H23N. The Hall–Kier alpha value is -0.0400. The zero-order valence-corrected chi connectivity index (χ0v) is 9.43. The van der Waals surface area contributed by atoms with Crippen LogP contribution in [0.5, 0.6) is 0 Å².